The highest BCUT2D eigenvalue weighted by Crippen LogP contribution is 2.29. The van der Waals surface area contributed by atoms with Crippen molar-refractivity contribution in [2.24, 2.45) is 5.92 Å². The van der Waals surface area contributed by atoms with Crippen LogP contribution in [0.4, 0.5) is 0 Å². The number of carbonyl (C=O) groups is 1. The van der Waals surface area contributed by atoms with E-state index >= 15 is 0 Å². The quantitative estimate of drug-likeness (QED) is 0.216. The molecule has 1 aliphatic rings. The van der Waals surface area contributed by atoms with Crippen molar-refractivity contribution < 1.29 is 18.7 Å². The topological polar surface area (TPSA) is 65.7 Å². The Labute approximate surface area is 180 Å². The van der Waals surface area contributed by atoms with Crippen LogP contribution < -0.4 is 10.4 Å². The van der Waals surface area contributed by atoms with Crippen molar-refractivity contribution in [3.05, 3.63) is 46.0 Å². The third kappa shape index (κ3) is 8.60. The average Bonchev–Trinajstić information content (AvgIpc) is 2.70. The molecule has 5 heteroatoms. The fraction of sp³-hybridized carbons (Fsp3) is 0.600. The number of carbonyl (C=O) groups excluding carboxylic acids is 1. The summed E-state index contributed by atoms with van der Waals surface area (Å²) in [5, 5.41) is 0. The fourth-order valence-corrected chi connectivity index (χ4v) is 3.51. The molecular weight excluding hydrogens is 380 g/mol. The summed E-state index contributed by atoms with van der Waals surface area (Å²) in [6.45, 7) is 8.46. The van der Waals surface area contributed by atoms with E-state index in [0.717, 1.165) is 43.4 Å². The van der Waals surface area contributed by atoms with Gasteiger partial charge in [0.1, 0.15) is 11.5 Å². The minimum Gasteiger partial charge on any atom is -0.493 e. The van der Waals surface area contributed by atoms with Gasteiger partial charge in [0.2, 0.25) is 0 Å². The van der Waals surface area contributed by atoms with Crippen LogP contribution >= 0.6 is 0 Å². The summed E-state index contributed by atoms with van der Waals surface area (Å²) >= 11 is 0. The molecule has 0 radical (unpaired) electrons. The Balaban J connectivity index is 1.48. The molecule has 1 aliphatic carbocycles. The molecule has 1 aromatic heterocycles. The molecular formula is C25H36O5. The van der Waals surface area contributed by atoms with Gasteiger partial charge in [-0.15, -0.1) is 0 Å². The summed E-state index contributed by atoms with van der Waals surface area (Å²) in [5.74, 6) is 1.48. The molecule has 30 heavy (non-hydrogen) atoms. The number of ether oxygens (including phenoxy) is 2. The van der Waals surface area contributed by atoms with Crippen LogP contribution in [0.1, 0.15) is 83.0 Å². The van der Waals surface area contributed by atoms with Crippen LogP contribution in [0.5, 0.6) is 5.75 Å². The third-order valence-electron chi connectivity index (χ3n) is 5.27. The predicted molar refractivity (Wildman–Crippen MR) is 120 cm³/mol. The highest BCUT2D eigenvalue weighted by molar-refractivity contribution is 5.86. The maximum atomic E-state index is 11.7. The van der Waals surface area contributed by atoms with E-state index in [2.05, 4.69) is 19.6 Å². The number of esters is 1. The first-order chi connectivity index (χ1) is 14.5. The van der Waals surface area contributed by atoms with Gasteiger partial charge in [0.25, 0.3) is 0 Å². The Morgan fingerprint density at radius 2 is 1.67 bits per heavy atom. The summed E-state index contributed by atoms with van der Waals surface area (Å²) in [6.07, 6.45) is 15.1. The van der Waals surface area contributed by atoms with Gasteiger partial charge < -0.3 is 13.9 Å². The molecule has 5 nitrogen and oxygen atoms in total. The number of fused-ring (bicyclic) bond motifs is 1. The van der Waals surface area contributed by atoms with Crippen molar-refractivity contribution in [3.63, 3.8) is 0 Å². The van der Waals surface area contributed by atoms with E-state index < -0.39 is 0 Å². The Kier molecular flexibility index (Phi) is 10.5. The van der Waals surface area contributed by atoms with E-state index in [-0.39, 0.29) is 11.6 Å². The smallest absolute Gasteiger partial charge is 0.339 e. The normalized spacial score (nSPS) is 14.9. The van der Waals surface area contributed by atoms with Gasteiger partial charge in [0, 0.05) is 12.0 Å². The zero-order valence-corrected chi connectivity index (χ0v) is 18.5. The Bertz CT molecular complexity index is 774. The SMILES string of the molecule is C=C(C)C(=O)OCCCCCCCCCCCOc1cc(=O)oc2c1C=CC(C)C2. The monoisotopic (exact) mass is 416 g/mol. The molecule has 0 amide bonds. The molecule has 0 saturated carbocycles. The second kappa shape index (κ2) is 13.1. The number of rotatable bonds is 14. The van der Waals surface area contributed by atoms with E-state index in [1.165, 1.54) is 38.2 Å². The lowest BCUT2D eigenvalue weighted by molar-refractivity contribution is -0.139. The Hall–Kier alpha value is -2.30. The maximum Gasteiger partial charge on any atom is 0.339 e. The second-order valence-electron chi connectivity index (χ2n) is 8.25. The highest BCUT2D eigenvalue weighted by atomic mass is 16.5. The Morgan fingerprint density at radius 1 is 1.07 bits per heavy atom. The third-order valence-corrected chi connectivity index (χ3v) is 5.27. The van der Waals surface area contributed by atoms with E-state index in [1.54, 1.807) is 6.92 Å². The van der Waals surface area contributed by atoms with Gasteiger partial charge in [-0.05, 0) is 25.7 Å². The minimum atomic E-state index is -0.333. The predicted octanol–water partition coefficient (Wildman–Crippen LogP) is 5.85. The van der Waals surface area contributed by atoms with Crippen LogP contribution in [-0.2, 0) is 16.0 Å². The molecule has 0 N–H and O–H groups in total. The molecule has 0 saturated heterocycles. The van der Waals surface area contributed by atoms with E-state index in [0.29, 0.717) is 30.5 Å². The molecule has 1 aromatic rings. The molecule has 0 bridgehead atoms. The van der Waals surface area contributed by atoms with Crippen LogP contribution in [0.25, 0.3) is 6.08 Å². The van der Waals surface area contributed by atoms with Crippen LogP contribution in [0.2, 0.25) is 0 Å². The summed E-state index contributed by atoms with van der Waals surface area (Å²) in [4.78, 5) is 23.0. The van der Waals surface area contributed by atoms with Crippen molar-refractivity contribution in [2.75, 3.05) is 13.2 Å². The number of hydrogen-bond donors (Lipinski definition) is 0. The minimum absolute atomic E-state index is 0.291. The van der Waals surface area contributed by atoms with Gasteiger partial charge in [-0.2, -0.15) is 0 Å². The summed E-state index contributed by atoms with van der Waals surface area (Å²) in [5.41, 5.74) is 1.04. The van der Waals surface area contributed by atoms with Gasteiger partial charge in [-0.3, -0.25) is 0 Å². The Morgan fingerprint density at radius 3 is 2.30 bits per heavy atom. The lowest BCUT2D eigenvalue weighted by atomic mass is 9.95. The average molecular weight is 417 g/mol. The lowest BCUT2D eigenvalue weighted by Crippen LogP contribution is -2.11. The van der Waals surface area contributed by atoms with Crippen LogP contribution in [0.3, 0.4) is 0 Å². The van der Waals surface area contributed by atoms with Crippen molar-refractivity contribution >= 4 is 12.0 Å². The van der Waals surface area contributed by atoms with Gasteiger partial charge in [-0.1, -0.05) is 70.6 Å². The van der Waals surface area contributed by atoms with E-state index in [9.17, 15) is 9.59 Å². The molecule has 1 unspecified atom stereocenters. The fourth-order valence-electron chi connectivity index (χ4n) is 3.51. The standard InChI is InChI=1S/C25H36O5/c1-19(2)25(27)29-16-12-10-8-6-4-5-7-9-11-15-28-22-18-24(26)30-23-17-20(3)13-14-21(22)23/h13-14,18,20H,1,4-12,15-17H2,2-3H3. The molecule has 0 aliphatic heterocycles. The van der Waals surface area contributed by atoms with E-state index in [1.807, 2.05) is 6.08 Å². The number of hydrogen-bond acceptors (Lipinski definition) is 5. The number of allylic oxidation sites excluding steroid dienone is 1. The highest BCUT2D eigenvalue weighted by Gasteiger charge is 2.17. The first-order valence-electron chi connectivity index (χ1n) is 11.3. The first-order valence-corrected chi connectivity index (χ1v) is 11.3. The van der Waals surface area contributed by atoms with Gasteiger partial charge in [0.05, 0.1) is 24.8 Å². The van der Waals surface area contributed by atoms with Crippen LogP contribution in [0, 0.1) is 5.92 Å². The van der Waals surface area contributed by atoms with Crippen molar-refractivity contribution in [3.8, 4) is 5.75 Å². The summed E-state index contributed by atoms with van der Waals surface area (Å²) < 4.78 is 16.3. The van der Waals surface area contributed by atoms with Crippen molar-refractivity contribution in [1.82, 2.24) is 0 Å². The maximum absolute atomic E-state index is 11.7. The largest absolute Gasteiger partial charge is 0.493 e. The zero-order chi connectivity index (χ0) is 21.8. The van der Waals surface area contributed by atoms with E-state index in [4.69, 9.17) is 13.9 Å². The van der Waals surface area contributed by atoms with Gasteiger partial charge in [0.15, 0.2) is 0 Å². The molecule has 0 spiro atoms. The summed E-state index contributed by atoms with van der Waals surface area (Å²) in [7, 11) is 0. The summed E-state index contributed by atoms with van der Waals surface area (Å²) in [6, 6.07) is 1.46. The zero-order valence-electron chi connectivity index (χ0n) is 18.5. The molecule has 2 rings (SSSR count). The van der Waals surface area contributed by atoms with Gasteiger partial charge >= 0.3 is 11.6 Å². The van der Waals surface area contributed by atoms with Crippen molar-refractivity contribution in [1.29, 1.82) is 0 Å². The molecule has 1 heterocycles. The number of unbranched alkanes of at least 4 members (excludes halogenated alkanes) is 8. The lowest BCUT2D eigenvalue weighted by Gasteiger charge is -2.17. The molecule has 0 fully saturated rings. The van der Waals surface area contributed by atoms with Crippen LogP contribution in [-0.4, -0.2) is 19.2 Å². The van der Waals surface area contributed by atoms with Crippen molar-refractivity contribution in [2.45, 2.75) is 78.1 Å². The molecule has 166 valence electrons. The van der Waals surface area contributed by atoms with Crippen LogP contribution in [0.15, 0.2) is 33.5 Å². The second-order valence-corrected chi connectivity index (χ2v) is 8.25. The molecule has 1 atom stereocenters. The first kappa shape index (κ1) is 24.0. The van der Waals surface area contributed by atoms with Gasteiger partial charge in [-0.25, -0.2) is 9.59 Å². The molecule has 0 aromatic carbocycles.